The molecule has 0 aliphatic carbocycles. The smallest absolute Gasteiger partial charge is 0.258 e. The Kier molecular flexibility index (Phi) is 5.90. The van der Waals surface area contributed by atoms with Gasteiger partial charge in [-0.25, -0.2) is 14.4 Å². The van der Waals surface area contributed by atoms with Crippen LogP contribution < -0.4 is 10.1 Å². The normalized spacial score (nSPS) is 17.1. The van der Waals surface area contributed by atoms with Crippen molar-refractivity contribution in [2.75, 3.05) is 13.2 Å². The van der Waals surface area contributed by atoms with E-state index < -0.39 is 5.82 Å². The molecule has 1 saturated heterocycles. The van der Waals surface area contributed by atoms with E-state index in [9.17, 15) is 9.18 Å². The number of rotatable bonds is 6. The molecule has 1 aliphatic rings. The average molecular weight is 345 g/mol. The van der Waals surface area contributed by atoms with Crippen LogP contribution in [0.3, 0.4) is 0 Å². The fourth-order valence-corrected chi connectivity index (χ4v) is 2.52. The van der Waals surface area contributed by atoms with Crippen LogP contribution in [-0.2, 0) is 16.1 Å². The SMILES string of the molecule is O=C(COc1cccc(F)c1)NCc1cnc(C2CCCCO2)nc1. The minimum absolute atomic E-state index is 0.0305. The zero-order valence-electron chi connectivity index (χ0n) is 13.8. The first kappa shape index (κ1) is 17.3. The molecule has 1 atom stereocenters. The minimum atomic E-state index is -0.405. The quantitative estimate of drug-likeness (QED) is 0.871. The highest BCUT2D eigenvalue weighted by atomic mass is 19.1. The maximum Gasteiger partial charge on any atom is 0.258 e. The van der Waals surface area contributed by atoms with Crippen LogP contribution in [0.1, 0.15) is 36.8 Å². The number of hydrogen-bond donors (Lipinski definition) is 1. The molecule has 1 amide bonds. The number of hydrogen-bond acceptors (Lipinski definition) is 5. The zero-order chi connectivity index (χ0) is 17.5. The Labute approximate surface area is 145 Å². The maximum absolute atomic E-state index is 13.0. The van der Waals surface area contributed by atoms with Crippen LogP contribution in [0.2, 0.25) is 0 Å². The molecule has 1 fully saturated rings. The Bertz CT molecular complexity index is 703. The standard InChI is InChI=1S/C18H20FN3O3/c19-14-4-3-5-15(8-14)25-12-17(23)20-9-13-10-21-18(22-11-13)16-6-1-2-7-24-16/h3-5,8,10-11,16H,1-2,6-7,9,12H2,(H,20,23). The molecule has 0 radical (unpaired) electrons. The van der Waals surface area contributed by atoms with Gasteiger partial charge in [0.25, 0.3) is 5.91 Å². The second kappa shape index (κ2) is 8.53. The number of carbonyl (C=O) groups excluding carboxylic acids is 1. The number of carbonyl (C=O) groups is 1. The first-order valence-electron chi connectivity index (χ1n) is 8.28. The van der Waals surface area contributed by atoms with Gasteiger partial charge >= 0.3 is 0 Å². The van der Waals surface area contributed by atoms with Crippen molar-refractivity contribution in [3.8, 4) is 5.75 Å². The van der Waals surface area contributed by atoms with E-state index in [-0.39, 0.29) is 18.6 Å². The number of amides is 1. The first-order valence-corrected chi connectivity index (χ1v) is 8.28. The van der Waals surface area contributed by atoms with Crippen LogP contribution in [0.5, 0.6) is 5.75 Å². The molecule has 6 nitrogen and oxygen atoms in total. The van der Waals surface area contributed by atoms with Crippen molar-refractivity contribution < 1.29 is 18.7 Å². The lowest BCUT2D eigenvalue weighted by Crippen LogP contribution is -2.28. The number of benzene rings is 1. The van der Waals surface area contributed by atoms with Gasteiger partial charge < -0.3 is 14.8 Å². The summed E-state index contributed by atoms with van der Waals surface area (Å²) in [4.78, 5) is 20.4. The van der Waals surface area contributed by atoms with Crippen molar-refractivity contribution >= 4 is 5.91 Å². The molecule has 0 bridgehead atoms. The van der Waals surface area contributed by atoms with Crippen molar-refractivity contribution in [3.63, 3.8) is 0 Å². The Morgan fingerprint density at radius 1 is 1.32 bits per heavy atom. The third kappa shape index (κ3) is 5.22. The zero-order valence-corrected chi connectivity index (χ0v) is 13.8. The van der Waals surface area contributed by atoms with E-state index in [1.807, 2.05) is 0 Å². The van der Waals surface area contributed by atoms with Gasteiger partial charge in [-0.15, -0.1) is 0 Å². The van der Waals surface area contributed by atoms with Gasteiger partial charge in [0.05, 0.1) is 0 Å². The Hall–Kier alpha value is -2.54. The second-order valence-electron chi connectivity index (χ2n) is 5.83. The molecule has 0 saturated carbocycles. The average Bonchev–Trinajstić information content (AvgIpc) is 2.66. The second-order valence-corrected chi connectivity index (χ2v) is 5.83. The number of nitrogens with one attached hydrogen (secondary N) is 1. The van der Waals surface area contributed by atoms with Gasteiger partial charge in [0.2, 0.25) is 0 Å². The summed E-state index contributed by atoms with van der Waals surface area (Å²) < 4.78 is 23.9. The molecular formula is C18H20FN3O3. The van der Waals surface area contributed by atoms with Crippen molar-refractivity contribution in [1.82, 2.24) is 15.3 Å². The van der Waals surface area contributed by atoms with Gasteiger partial charge in [0.1, 0.15) is 17.7 Å². The number of aromatic nitrogens is 2. The molecule has 1 aromatic carbocycles. The lowest BCUT2D eigenvalue weighted by Gasteiger charge is -2.21. The summed E-state index contributed by atoms with van der Waals surface area (Å²) in [6.07, 6.45) is 6.49. The fourth-order valence-electron chi connectivity index (χ4n) is 2.52. The number of nitrogens with zero attached hydrogens (tertiary/aromatic N) is 2. The summed E-state index contributed by atoms with van der Waals surface area (Å²) in [6.45, 7) is 0.868. The number of ether oxygens (including phenoxy) is 2. The molecule has 1 aromatic heterocycles. The topological polar surface area (TPSA) is 73.3 Å². The van der Waals surface area contributed by atoms with Crippen molar-refractivity contribution in [2.24, 2.45) is 0 Å². The minimum Gasteiger partial charge on any atom is -0.484 e. The van der Waals surface area contributed by atoms with Gasteiger partial charge in [-0.2, -0.15) is 0 Å². The summed E-state index contributed by atoms with van der Waals surface area (Å²) in [7, 11) is 0. The lowest BCUT2D eigenvalue weighted by atomic mass is 10.1. The predicted molar refractivity (Wildman–Crippen MR) is 88.3 cm³/mol. The number of halogens is 1. The lowest BCUT2D eigenvalue weighted by molar-refractivity contribution is -0.123. The molecule has 2 aromatic rings. The molecule has 2 heterocycles. The van der Waals surface area contributed by atoms with Gasteiger partial charge in [-0.05, 0) is 31.4 Å². The van der Waals surface area contributed by atoms with Crippen LogP contribution in [0, 0.1) is 5.82 Å². The van der Waals surface area contributed by atoms with Crippen molar-refractivity contribution in [1.29, 1.82) is 0 Å². The van der Waals surface area contributed by atoms with Crippen LogP contribution in [-0.4, -0.2) is 29.1 Å². The summed E-state index contributed by atoms with van der Waals surface area (Å²) in [5.41, 5.74) is 0.790. The van der Waals surface area contributed by atoms with Gasteiger partial charge in [-0.1, -0.05) is 6.07 Å². The van der Waals surface area contributed by atoms with E-state index in [4.69, 9.17) is 9.47 Å². The van der Waals surface area contributed by atoms with Gasteiger partial charge in [0.15, 0.2) is 12.4 Å². The van der Waals surface area contributed by atoms with E-state index in [0.717, 1.165) is 31.4 Å². The Morgan fingerprint density at radius 2 is 2.16 bits per heavy atom. The third-order valence-electron chi connectivity index (χ3n) is 3.85. The van der Waals surface area contributed by atoms with E-state index in [2.05, 4.69) is 15.3 Å². The molecule has 1 unspecified atom stereocenters. The fraction of sp³-hybridized carbons (Fsp3) is 0.389. The van der Waals surface area contributed by atoms with Gasteiger partial charge in [-0.3, -0.25) is 4.79 Å². The molecule has 1 aliphatic heterocycles. The van der Waals surface area contributed by atoms with Crippen LogP contribution >= 0.6 is 0 Å². The first-order chi connectivity index (χ1) is 12.2. The summed E-state index contributed by atoms with van der Waals surface area (Å²) >= 11 is 0. The summed E-state index contributed by atoms with van der Waals surface area (Å²) in [5, 5.41) is 2.71. The highest BCUT2D eigenvalue weighted by Gasteiger charge is 2.18. The van der Waals surface area contributed by atoms with E-state index >= 15 is 0 Å². The molecule has 25 heavy (non-hydrogen) atoms. The van der Waals surface area contributed by atoms with E-state index in [1.54, 1.807) is 18.5 Å². The molecule has 132 valence electrons. The van der Waals surface area contributed by atoms with Crippen LogP contribution in [0.4, 0.5) is 4.39 Å². The molecular weight excluding hydrogens is 325 g/mol. The summed E-state index contributed by atoms with van der Waals surface area (Å²) in [5.74, 6) is 0.292. The molecule has 1 N–H and O–H groups in total. The Balaban J connectivity index is 1.43. The van der Waals surface area contributed by atoms with Crippen LogP contribution in [0.15, 0.2) is 36.7 Å². The highest BCUT2D eigenvalue weighted by Crippen LogP contribution is 2.24. The third-order valence-corrected chi connectivity index (χ3v) is 3.85. The Morgan fingerprint density at radius 3 is 2.88 bits per heavy atom. The molecule has 7 heteroatoms. The van der Waals surface area contributed by atoms with E-state index in [0.29, 0.717) is 18.1 Å². The van der Waals surface area contributed by atoms with Crippen LogP contribution in [0.25, 0.3) is 0 Å². The van der Waals surface area contributed by atoms with Crippen molar-refractivity contribution in [2.45, 2.75) is 31.9 Å². The van der Waals surface area contributed by atoms with E-state index in [1.165, 1.54) is 18.2 Å². The summed E-state index contributed by atoms with van der Waals surface area (Å²) in [6, 6.07) is 5.66. The largest absolute Gasteiger partial charge is 0.484 e. The monoisotopic (exact) mass is 345 g/mol. The van der Waals surface area contributed by atoms with Crippen molar-refractivity contribution in [3.05, 3.63) is 53.9 Å². The highest BCUT2D eigenvalue weighted by molar-refractivity contribution is 5.77. The maximum atomic E-state index is 13.0. The predicted octanol–water partition coefficient (Wildman–Crippen LogP) is 2.55. The van der Waals surface area contributed by atoms with Gasteiger partial charge in [0, 0.05) is 37.2 Å². The molecule has 0 spiro atoms. The molecule has 3 rings (SSSR count).